The van der Waals surface area contributed by atoms with Gasteiger partial charge in [-0.05, 0) is 0 Å². The Hall–Kier alpha value is 0.557. The average Bonchev–Trinajstić information content (AvgIpc) is 1.69. The van der Waals surface area contributed by atoms with Crippen molar-refractivity contribution in [2.75, 3.05) is 0 Å². The van der Waals surface area contributed by atoms with Crippen LogP contribution in [0.25, 0.3) is 0 Å². The van der Waals surface area contributed by atoms with Gasteiger partial charge in [0.1, 0.15) is 0 Å². The van der Waals surface area contributed by atoms with Crippen LogP contribution in [0, 0.1) is 12.8 Å². The Morgan fingerprint density at radius 3 is 1.67 bits per heavy atom. The quantitative estimate of drug-likeness (QED) is 0.342. The predicted octanol–water partition coefficient (Wildman–Crippen LogP) is -0.433. The molecule has 2 heteroatoms. The van der Waals surface area contributed by atoms with E-state index in [-0.39, 0.29) is 25.0 Å². The first-order valence-corrected chi connectivity index (χ1v) is 3.22. The van der Waals surface area contributed by atoms with E-state index in [2.05, 4.69) is 6.92 Å². The van der Waals surface area contributed by atoms with Crippen molar-refractivity contribution in [2.24, 2.45) is 5.92 Å². The molecule has 1 aliphatic rings. The second-order valence-corrected chi connectivity index (χ2v) is 2.50. The molecule has 9 heavy (non-hydrogen) atoms. The molecule has 0 radical (unpaired) electrons. The molecule has 0 aliphatic heterocycles. The summed E-state index contributed by atoms with van der Waals surface area (Å²) in [5, 5.41) is 0. The first kappa shape index (κ1) is 12.3. The van der Waals surface area contributed by atoms with E-state index in [9.17, 15) is 0 Å². The Morgan fingerprint density at radius 1 is 1.00 bits per heavy atom. The van der Waals surface area contributed by atoms with Crippen molar-refractivity contribution in [1.82, 2.24) is 6.15 Å². The summed E-state index contributed by atoms with van der Waals surface area (Å²) < 4.78 is 0. The zero-order chi connectivity index (χ0) is 5.11. The fourth-order valence-corrected chi connectivity index (χ4v) is 1.19. The van der Waals surface area contributed by atoms with Gasteiger partial charge in [0.15, 0.2) is 0 Å². The summed E-state index contributed by atoms with van der Waals surface area (Å²) in [5.74, 6) is 0.786. The smallest absolute Gasteiger partial charge is 0.344 e. The zero-order valence-electron chi connectivity index (χ0n) is 6.53. The van der Waals surface area contributed by atoms with E-state index in [0.29, 0.717) is 0 Å². The summed E-state index contributed by atoms with van der Waals surface area (Å²) in [6, 6.07) is 0. The van der Waals surface area contributed by atoms with Crippen LogP contribution in [0.5, 0.6) is 0 Å². The average molecular weight is 121 g/mol. The third-order valence-corrected chi connectivity index (χ3v) is 1.72. The Morgan fingerprint density at radius 2 is 1.44 bits per heavy atom. The van der Waals surface area contributed by atoms with Gasteiger partial charge in [0, 0.05) is 0 Å². The van der Waals surface area contributed by atoms with Gasteiger partial charge in [0.2, 0.25) is 0 Å². The first-order valence-electron chi connectivity index (χ1n) is 3.22. The summed E-state index contributed by atoms with van der Waals surface area (Å²) in [6.45, 7) is 4.00. The van der Waals surface area contributed by atoms with Gasteiger partial charge in [-0.2, -0.15) is 5.92 Å². The van der Waals surface area contributed by atoms with Gasteiger partial charge < -0.3 is 13.1 Å². The largest absolute Gasteiger partial charge is 1.00 e. The third-order valence-electron chi connectivity index (χ3n) is 1.72. The maximum atomic E-state index is 4.00. The second kappa shape index (κ2) is 6.67. The van der Waals surface area contributed by atoms with E-state index in [0.717, 1.165) is 5.92 Å². The maximum absolute atomic E-state index is 4.00. The fourth-order valence-electron chi connectivity index (χ4n) is 1.19. The topological polar surface area (TPSA) is 35.0 Å². The molecule has 0 saturated heterocycles. The predicted molar refractivity (Wildman–Crippen MR) is 37.0 cm³/mol. The minimum absolute atomic E-state index is 0. The molecule has 0 bridgehead atoms. The van der Waals surface area contributed by atoms with E-state index in [1.165, 1.54) is 32.1 Å². The van der Waals surface area contributed by atoms with E-state index in [1.807, 2.05) is 0 Å². The summed E-state index contributed by atoms with van der Waals surface area (Å²) in [5.41, 5.74) is 0. The molecule has 3 N–H and O–H groups in total. The van der Waals surface area contributed by atoms with Gasteiger partial charge >= 0.3 is 18.9 Å². The number of hydrogen-bond donors (Lipinski definition) is 1. The Labute approximate surface area is 70.4 Å². The molecule has 1 fully saturated rings. The second-order valence-electron chi connectivity index (χ2n) is 2.50. The van der Waals surface area contributed by atoms with Crippen LogP contribution in [0.2, 0.25) is 0 Å². The van der Waals surface area contributed by atoms with Crippen LogP contribution in [0.3, 0.4) is 0 Å². The molecule has 0 atom stereocenters. The molecule has 1 nitrogen and oxygen atoms in total. The molecule has 0 unspecified atom stereocenters. The van der Waals surface area contributed by atoms with Gasteiger partial charge in [-0.25, -0.2) is 0 Å². The van der Waals surface area contributed by atoms with Gasteiger partial charge in [-0.15, -0.1) is 0 Å². The molecule has 0 spiro atoms. The summed E-state index contributed by atoms with van der Waals surface area (Å²) >= 11 is 0. The van der Waals surface area contributed by atoms with Crippen LogP contribution in [-0.2, 0) is 0 Å². The van der Waals surface area contributed by atoms with Crippen LogP contribution >= 0.6 is 0 Å². The van der Waals surface area contributed by atoms with E-state index < -0.39 is 0 Å². The van der Waals surface area contributed by atoms with Crippen LogP contribution in [-0.4, -0.2) is 0 Å². The van der Waals surface area contributed by atoms with Crippen molar-refractivity contribution in [3.8, 4) is 0 Å². The molecule has 0 aromatic rings. The van der Waals surface area contributed by atoms with Crippen molar-refractivity contribution in [1.29, 1.82) is 0 Å². The molecule has 1 aliphatic carbocycles. The summed E-state index contributed by atoms with van der Waals surface area (Å²) in [4.78, 5) is 0. The van der Waals surface area contributed by atoms with Crippen molar-refractivity contribution < 1.29 is 18.9 Å². The van der Waals surface area contributed by atoms with Gasteiger partial charge in [0.05, 0.1) is 0 Å². The maximum Gasteiger partial charge on any atom is 1.00 e. The first-order chi connectivity index (χ1) is 3.39. The normalized spacial score (nSPS) is 19.7. The van der Waals surface area contributed by atoms with Crippen molar-refractivity contribution in [3.05, 3.63) is 6.92 Å². The molecule has 0 aromatic heterocycles. The summed E-state index contributed by atoms with van der Waals surface area (Å²) in [6.07, 6.45) is 7.05. The van der Waals surface area contributed by atoms with Gasteiger partial charge in [-0.1, -0.05) is 32.1 Å². The molecular weight excluding hydrogens is 105 g/mol. The molecule has 50 valence electrons. The molecule has 0 heterocycles. The van der Waals surface area contributed by atoms with E-state index in [4.69, 9.17) is 0 Å². The minimum atomic E-state index is 0. The third kappa shape index (κ3) is 5.02. The summed E-state index contributed by atoms with van der Waals surface area (Å²) in [7, 11) is 0. The number of rotatable bonds is 0. The van der Waals surface area contributed by atoms with Crippen LogP contribution in [0.4, 0.5) is 0 Å². The fraction of sp³-hybridized carbons (Fsp3) is 0.857. The van der Waals surface area contributed by atoms with Crippen molar-refractivity contribution in [2.45, 2.75) is 32.1 Å². The van der Waals surface area contributed by atoms with Crippen LogP contribution < -0.4 is 25.0 Å². The molecule has 0 aromatic carbocycles. The zero-order valence-corrected chi connectivity index (χ0v) is 6.53. The Bertz CT molecular complexity index is 50.9. The Balaban J connectivity index is 0. The van der Waals surface area contributed by atoms with Gasteiger partial charge in [-0.3, -0.25) is 0 Å². The monoisotopic (exact) mass is 121 g/mol. The molecule has 1 rings (SSSR count). The van der Waals surface area contributed by atoms with Crippen LogP contribution in [0.15, 0.2) is 0 Å². The van der Waals surface area contributed by atoms with Crippen LogP contribution in [0.1, 0.15) is 32.1 Å². The molecule has 1 saturated carbocycles. The van der Waals surface area contributed by atoms with E-state index in [1.54, 1.807) is 0 Å². The SMILES string of the molecule is N.[CH2-]C1CCCCC1.[Li+]. The van der Waals surface area contributed by atoms with Crippen molar-refractivity contribution in [3.63, 3.8) is 0 Å². The van der Waals surface area contributed by atoms with E-state index >= 15 is 0 Å². The standard InChI is InChI=1S/C7H13.Li.H3N/c1-7-5-3-2-4-6-7;;/h7H,1-6H2;;1H3/q-1;+1;. The Kier molecular flexibility index (Phi) is 9.09. The molecule has 0 amide bonds. The minimum Gasteiger partial charge on any atom is -0.344 e. The van der Waals surface area contributed by atoms with Gasteiger partial charge in [0.25, 0.3) is 0 Å². The molecular formula is C7H16LiN. The number of hydrogen-bond acceptors (Lipinski definition) is 1. The van der Waals surface area contributed by atoms with Crippen molar-refractivity contribution >= 4 is 0 Å².